The molecule has 0 heterocycles. The van der Waals surface area contributed by atoms with E-state index in [-0.39, 0.29) is 31.6 Å². The maximum Gasteiger partial charge on any atom is 0.310 e. The summed E-state index contributed by atoms with van der Waals surface area (Å²) in [6, 6.07) is 0. The first kappa shape index (κ1) is 59.8. The quantitative estimate of drug-likeness (QED) is 0.0262. The summed E-state index contributed by atoms with van der Waals surface area (Å²) in [6.07, 6.45) is 70.7. The summed E-state index contributed by atoms with van der Waals surface area (Å²) in [7, 11) is 0. The number of ether oxygens (including phenoxy) is 3. The third-order valence-corrected chi connectivity index (χ3v) is 10.2. The van der Waals surface area contributed by atoms with Gasteiger partial charge in [-0.15, -0.1) is 0 Å². The maximum absolute atomic E-state index is 12.7. The molecule has 0 bridgehead atoms. The van der Waals surface area contributed by atoms with Crippen molar-refractivity contribution in [2.75, 3.05) is 13.2 Å². The largest absolute Gasteiger partial charge is 0.462 e. The lowest BCUT2D eigenvalue weighted by molar-refractivity contribution is -0.166. The molecular formula is C58H92O6. The first-order valence-electron chi connectivity index (χ1n) is 25.5. The van der Waals surface area contributed by atoms with Crippen LogP contribution in [0.3, 0.4) is 0 Å². The van der Waals surface area contributed by atoms with E-state index in [4.69, 9.17) is 14.2 Å². The summed E-state index contributed by atoms with van der Waals surface area (Å²) in [5, 5.41) is 0. The zero-order chi connectivity index (χ0) is 46.5. The van der Waals surface area contributed by atoms with E-state index in [1.165, 1.54) is 44.9 Å². The van der Waals surface area contributed by atoms with E-state index in [0.29, 0.717) is 19.3 Å². The van der Waals surface area contributed by atoms with E-state index in [1.54, 1.807) is 6.08 Å². The van der Waals surface area contributed by atoms with Crippen molar-refractivity contribution in [3.63, 3.8) is 0 Å². The predicted octanol–water partition coefficient (Wildman–Crippen LogP) is 16.9. The average molecular weight is 885 g/mol. The van der Waals surface area contributed by atoms with Crippen molar-refractivity contribution in [3.8, 4) is 0 Å². The van der Waals surface area contributed by atoms with Gasteiger partial charge in [0.2, 0.25) is 0 Å². The summed E-state index contributed by atoms with van der Waals surface area (Å²) >= 11 is 0. The molecule has 0 amide bonds. The van der Waals surface area contributed by atoms with Gasteiger partial charge in [-0.25, -0.2) is 0 Å². The molecule has 64 heavy (non-hydrogen) atoms. The molecule has 0 aromatic carbocycles. The van der Waals surface area contributed by atoms with Gasteiger partial charge in [0.1, 0.15) is 13.2 Å². The van der Waals surface area contributed by atoms with Gasteiger partial charge in [-0.05, 0) is 103 Å². The van der Waals surface area contributed by atoms with Crippen LogP contribution in [0.1, 0.15) is 207 Å². The zero-order valence-electron chi connectivity index (χ0n) is 41.0. The van der Waals surface area contributed by atoms with Crippen molar-refractivity contribution in [3.05, 3.63) is 122 Å². The number of unbranched alkanes of at least 4 members (excludes halogenated alkanes) is 14. The second-order valence-electron chi connectivity index (χ2n) is 16.3. The van der Waals surface area contributed by atoms with Crippen LogP contribution in [-0.4, -0.2) is 37.2 Å². The smallest absolute Gasteiger partial charge is 0.310 e. The minimum atomic E-state index is -0.841. The Morgan fingerprint density at radius 2 is 0.656 bits per heavy atom. The van der Waals surface area contributed by atoms with Crippen LogP contribution in [0.4, 0.5) is 0 Å². The molecule has 360 valence electrons. The van der Waals surface area contributed by atoms with Gasteiger partial charge in [0, 0.05) is 12.8 Å². The molecule has 0 radical (unpaired) electrons. The van der Waals surface area contributed by atoms with E-state index < -0.39 is 12.1 Å². The van der Waals surface area contributed by atoms with Gasteiger partial charge in [-0.3, -0.25) is 14.4 Å². The lowest BCUT2D eigenvalue weighted by Crippen LogP contribution is -2.30. The molecule has 6 nitrogen and oxygen atoms in total. The van der Waals surface area contributed by atoms with Gasteiger partial charge in [0.05, 0.1) is 6.42 Å². The molecule has 0 saturated heterocycles. The van der Waals surface area contributed by atoms with Crippen molar-refractivity contribution < 1.29 is 28.6 Å². The Morgan fingerprint density at radius 3 is 1.05 bits per heavy atom. The number of allylic oxidation sites excluding steroid dienone is 19. The average Bonchev–Trinajstić information content (AvgIpc) is 3.29. The number of rotatable bonds is 44. The molecule has 0 aromatic rings. The third kappa shape index (κ3) is 48.8. The van der Waals surface area contributed by atoms with Crippen molar-refractivity contribution in [2.24, 2.45) is 0 Å². The number of hydrogen-bond acceptors (Lipinski definition) is 6. The number of esters is 3. The Balaban J connectivity index is 4.46. The van der Waals surface area contributed by atoms with Crippen molar-refractivity contribution in [2.45, 2.75) is 213 Å². The monoisotopic (exact) mass is 885 g/mol. The predicted molar refractivity (Wildman–Crippen MR) is 274 cm³/mol. The van der Waals surface area contributed by atoms with Gasteiger partial charge in [-0.1, -0.05) is 206 Å². The lowest BCUT2D eigenvalue weighted by atomic mass is 10.1. The zero-order valence-corrected chi connectivity index (χ0v) is 41.0. The molecule has 0 fully saturated rings. The van der Waals surface area contributed by atoms with Crippen molar-refractivity contribution in [1.29, 1.82) is 0 Å². The topological polar surface area (TPSA) is 78.9 Å². The van der Waals surface area contributed by atoms with E-state index in [2.05, 4.69) is 130 Å². The molecule has 1 atom stereocenters. The second kappa shape index (κ2) is 51.4. The summed E-state index contributed by atoms with van der Waals surface area (Å²) in [6.45, 7) is 6.23. The Hall–Kier alpha value is -4.19. The van der Waals surface area contributed by atoms with Gasteiger partial charge < -0.3 is 14.2 Å². The molecule has 0 saturated carbocycles. The Bertz CT molecular complexity index is 1390. The van der Waals surface area contributed by atoms with Crippen LogP contribution in [-0.2, 0) is 28.6 Å². The number of carbonyl (C=O) groups is 3. The van der Waals surface area contributed by atoms with Gasteiger partial charge in [-0.2, -0.15) is 0 Å². The lowest BCUT2D eigenvalue weighted by Gasteiger charge is -2.18. The van der Waals surface area contributed by atoms with Crippen LogP contribution in [0, 0.1) is 0 Å². The fraction of sp³-hybridized carbons (Fsp3) is 0.603. The standard InChI is InChI=1S/C58H92O6/c1-4-7-10-13-16-19-22-24-26-27-28-29-30-31-33-34-36-39-42-45-48-51-57(60)63-54-55(53-62-56(59)50-47-44-41-38-21-18-15-12-9-6-3)64-58(61)52-49-46-43-40-37-35-32-25-23-20-17-14-11-8-5-2/h7-8,10-12,15-17,19-20,24-26,28-29,32,37,40,46,49,55H,4-6,9,13-14,18,21-23,27,30-31,33-36,38-39,41-45,47-48,50-54H2,1-3H3/b10-7-,11-8-,15-12-,19-16-,20-17-,26-24-,29-28-,32-25-,40-37-,49-46-. The van der Waals surface area contributed by atoms with Crippen LogP contribution in [0.2, 0.25) is 0 Å². The van der Waals surface area contributed by atoms with Crippen LogP contribution in [0.15, 0.2) is 122 Å². The maximum atomic E-state index is 12.7. The highest BCUT2D eigenvalue weighted by Crippen LogP contribution is 2.13. The SMILES string of the molecule is CC/C=C\C/C=C\C/C=C\C/C=C\C/C=C\CC(=O)OC(COC(=O)CCCCCCC/C=C\CCC)COC(=O)CCCCCCCCCC/C=C\C/C=C\C/C=C\C/C=C\CC. The molecule has 0 spiro atoms. The molecule has 0 rings (SSSR count). The molecule has 0 aliphatic heterocycles. The number of carbonyl (C=O) groups excluding carboxylic acids is 3. The highest BCUT2D eigenvalue weighted by atomic mass is 16.6. The molecular weight excluding hydrogens is 793 g/mol. The van der Waals surface area contributed by atoms with E-state index in [9.17, 15) is 14.4 Å². The molecule has 0 aromatic heterocycles. The number of hydrogen-bond donors (Lipinski definition) is 0. The van der Waals surface area contributed by atoms with E-state index in [1.807, 2.05) is 6.08 Å². The summed E-state index contributed by atoms with van der Waals surface area (Å²) in [5.41, 5.74) is 0. The van der Waals surface area contributed by atoms with E-state index in [0.717, 1.165) is 116 Å². The highest BCUT2D eigenvalue weighted by Gasteiger charge is 2.19. The van der Waals surface area contributed by atoms with Crippen molar-refractivity contribution >= 4 is 17.9 Å². The van der Waals surface area contributed by atoms with Gasteiger partial charge in [0.15, 0.2) is 6.10 Å². The highest BCUT2D eigenvalue weighted by molar-refractivity contribution is 5.72. The molecule has 1 unspecified atom stereocenters. The second-order valence-corrected chi connectivity index (χ2v) is 16.3. The minimum absolute atomic E-state index is 0.0889. The molecule has 0 aliphatic carbocycles. The first-order valence-corrected chi connectivity index (χ1v) is 25.5. The fourth-order valence-corrected chi connectivity index (χ4v) is 6.45. The normalized spacial score (nSPS) is 13.1. The van der Waals surface area contributed by atoms with Crippen LogP contribution >= 0.6 is 0 Å². The Kier molecular flexibility index (Phi) is 48.1. The Morgan fingerprint density at radius 1 is 0.344 bits per heavy atom. The summed E-state index contributed by atoms with van der Waals surface area (Å²) in [5.74, 6) is -1.08. The van der Waals surface area contributed by atoms with Crippen LogP contribution in [0.5, 0.6) is 0 Å². The third-order valence-electron chi connectivity index (χ3n) is 10.2. The Labute approximate surface area is 392 Å². The van der Waals surface area contributed by atoms with E-state index >= 15 is 0 Å². The first-order chi connectivity index (χ1) is 31.5. The fourth-order valence-electron chi connectivity index (χ4n) is 6.45. The van der Waals surface area contributed by atoms with Gasteiger partial charge in [0.25, 0.3) is 0 Å². The van der Waals surface area contributed by atoms with Crippen LogP contribution in [0.25, 0.3) is 0 Å². The van der Waals surface area contributed by atoms with Crippen molar-refractivity contribution in [1.82, 2.24) is 0 Å². The minimum Gasteiger partial charge on any atom is -0.462 e. The molecule has 0 N–H and O–H groups in total. The molecule has 0 aliphatic rings. The van der Waals surface area contributed by atoms with Gasteiger partial charge >= 0.3 is 17.9 Å². The summed E-state index contributed by atoms with van der Waals surface area (Å²) in [4.78, 5) is 37.9. The molecule has 6 heteroatoms. The van der Waals surface area contributed by atoms with Crippen LogP contribution < -0.4 is 0 Å². The summed E-state index contributed by atoms with van der Waals surface area (Å²) < 4.78 is 16.6.